The summed E-state index contributed by atoms with van der Waals surface area (Å²) in [5, 5.41) is 25.6. The van der Waals surface area contributed by atoms with Gasteiger partial charge in [0.2, 0.25) is 0 Å². The second-order valence-corrected chi connectivity index (χ2v) is 8.07. The van der Waals surface area contributed by atoms with Gasteiger partial charge in [-0.1, -0.05) is 0 Å². The van der Waals surface area contributed by atoms with Crippen LogP contribution >= 0.6 is 0 Å². The smallest absolute Gasteiger partial charge is 0.518 e. The average Bonchev–Trinajstić information content (AvgIpc) is 3.34. The van der Waals surface area contributed by atoms with E-state index >= 15 is 0 Å². The number of alkyl halides is 3. The summed E-state index contributed by atoms with van der Waals surface area (Å²) < 4.78 is 64.7. The largest absolute Gasteiger partial charge is 0.761 e. The summed E-state index contributed by atoms with van der Waals surface area (Å²) in [4.78, 5) is 6.88. The van der Waals surface area contributed by atoms with Crippen molar-refractivity contribution < 1.29 is 21.6 Å². The van der Waals surface area contributed by atoms with Crippen LogP contribution in [0.4, 0.5) is 13.2 Å². The highest BCUT2D eigenvalue weighted by Gasteiger charge is 2.46. The Hall–Kier alpha value is -3.56. The molecule has 2 aliphatic heterocycles. The van der Waals surface area contributed by atoms with Crippen LogP contribution in [0.3, 0.4) is 0 Å². The lowest BCUT2D eigenvalue weighted by atomic mass is 10.1. The van der Waals surface area contributed by atoms with Crippen LogP contribution < -0.4 is 0 Å². The lowest BCUT2D eigenvalue weighted by molar-refractivity contribution is -0.0435. The number of hydrogen-bond acceptors (Lipinski definition) is 6. The number of likely N-dealkylation sites (tertiary alicyclic amines) is 1. The van der Waals surface area contributed by atoms with E-state index in [9.17, 15) is 21.6 Å². The molecule has 0 atom stereocenters. The Balaban J connectivity index is 2.05. The molecule has 0 aromatic carbocycles. The van der Waals surface area contributed by atoms with Crippen molar-refractivity contribution in [2.45, 2.75) is 18.3 Å². The summed E-state index contributed by atoms with van der Waals surface area (Å²) in [5.41, 5.74) is -6.15. The van der Waals surface area contributed by atoms with E-state index < -0.39 is 21.2 Å². The zero-order chi connectivity index (χ0) is 22.8. The monoisotopic (exact) mass is 451 g/mol. The number of rotatable bonds is 3. The Morgan fingerprint density at radius 3 is 2.42 bits per heavy atom. The highest BCUT2D eigenvalue weighted by atomic mass is 32.2. The van der Waals surface area contributed by atoms with Crippen molar-refractivity contribution >= 4 is 39.0 Å². The van der Waals surface area contributed by atoms with Crippen LogP contribution in [-0.4, -0.2) is 72.8 Å². The van der Waals surface area contributed by atoms with E-state index in [1.165, 1.54) is 24.1 Å². The van der Waals surface area contributed by atoms with Crippen molar-refractivity contribution in [2.75, 3.05) is 20.1 Å². The number of halogens is 3. The summed E-state index contributed by atoms with van der Waals surface area (Å²) in [5.74, 6) is 1.61. The molecule has 31 heavy (non-hydrogen) atoms. The number of hydrogen-bond donors (Lipinski definition) is 0. The predicted octanol–water partition coefficient (Wildman–Crippen LogP) is 1.57. The first-order valence-electron chi connectivity index (χ1n) is 8.79. The molecule has 10 nitrogen and oxygen atoms in total. The lowest BCUT2D eigenvalue weighted by Gasteiger charge is -2.21. The minimum Gasteiger partial charge on any atom is -0.761 e. The third-order valence-corrected chi connectivity index (χ3v) is 5.49. The second kappa shape index (κ2) is 8.29. The summed E-state index contributed by atoms with van der Waals surface area (Å²) in [7, 11) is -4.42. The van der Waals surface area contributed by atoms with Gasteiger partial charge in [0.25, 0.3) is 5.96 Å². The molecule has 2 heterocycles. The zero-order valence-corrected chi connectivity index (χ0v) is 16.8. The molecule has 162 valence electrons. The summed E-state index contributed by atoms with van der Waals surface area (Å²) in [6.45, 7) is 1.35. The third-order valence-electron chi connectivity index (χ3n) is 4.47. The number of sulfonamides is 1. The number of allylic oxidation sites excluding steroid dienone is 4. The van der Waals surface area contributed by atoms with E-state index in [1.54, 1.807) is 18.0 Å². The van der Waals surface area contributed by atoms with Crippen LogP contribution in [0, 0.1) is 11.3 Å². The minimum atomic E-state index is -5.82. The van der Waals surface area contributed by atoms with Crippen molar-refractivity contribution in [1.82, 2.24) is 9.80 Å². The molecule has 14 heteroatoms. The molecule has 1 fully saturated rings. The van der Waals surface area contributed by atoms with Crippen LogP contribution in [-0.2, 0) is 10.0 Å². The molecule has 0 saturated carbocycles. The van der Waals surface area contributed by atoms with E-state index in [0.717, 1.165) is 12.8 Å². The van der Waals surface area contributed by atoms with Gasteiger partial charge in [0.1, 0.15) is 23.2 Å². The van der Waals surface area contributed by atoms with E-state index in [4.69, 9.17) is 10.7 Å². The Bertz CT molecular complexity index is 1170. The fourth-order valence-electron chi connectivity index (χ4n) is 2.90. The van der Waals surface area contributed by atoms with Gasteiger partial charge in [0, 0.05) is 25.8 Å². The molecule has 1 aliphatic carbocycles. The normalized spacial score (nSPS) is 23.5. The molecular formula is C17H14F3N8O2S-. The molecule has 0 aromatic heterocycles. The molecule has 3 aliphatic rings. The summed E-state index contributed by atoms with van der Waals surface area (Å²) in [6.07, 6.45) is 5.86. The number of aliphatic imine (C=N–C) groups is 1. The van der Waals surface area contributed by atoms with Crippen molar-refractivity contribution in [2.24, 2.45) is 19.6 Å². The summed E-state index contributed by atoms with van der Waals surface area (Å²) >= 11 is 0. The molecule has 0 radical (unpaired) electrons. The summed E-state index contributed by atoms with van der Waals surface area (Å²) in [6, 6.07) is 1.72. The molecule has 0 aromatic rings. The minimum absolute atomic E-state index is 0.0783. The van der Waals surface area contributed by atoms with E-state index in [0.29, 0.717) is 18.8 Å². The van der Waals surface area contributed by atoms with Gasteiger partial charge in [-0.3, -0.25) is 0 Å². The van der Waals surface area contributed by atoms with Crippen LogP contribution in [0.2, 0.25) is 0 Å². The Labute approximate surface area is 175 Å². The van der Waals surface area contributed by atoms with Gasteiger partial charge < -0.3 is 15.2 Å². The maximum atomic E-state index is 12.9. The van der Waals surface area contributed by atoms with Gasteiger partial charge in [-0.25, -0.2) is 5.87 Å². The second-order valence-electron chi connectivity index (χ2n) is 6.47. The fourth-order valence-corrected chi connectivity index (χ4v) is 3.41. The van der Waals surface area contributed by atoms with Gasteiger partial charge in [0.15, 0.2) is 5.71 Å². The Morgan fingerprint density at radius 2 is 1.87 bits per heavy atom. The first-order valence-corrected chi connectivity index (χ1v) is 10.2. The van der Waals surface area contributed by atoms with Gasteiger partial charge in [-0.2, -0.15) is 36.2 Å². The fraction of sp³-hybridized carbons (Fsp3) is 0.353. The third kappa shape index (κ3) is 4.47. The van der Waals surface area contributed by atoms with Crippen molar-refractivity contribution in [3.63, 3.8) is 0 Å². The first kappa shape index (κ1) is 22.1. The van der Waals surface area contributed by atoms with Gasteiger partial charge in [-0.15, -0.1) is 10.2 Å². The lowest BCUT2D eigenvalue weighted by Crippen LogP contribution is -2.27. The van der Waals surface area contributed by atoms with Gasteiger partial charge >= 0.3 is 15.5 Å². The van der Waals surface area contributed by atoms with Crippen molar-refractivity contribution in [1.29, 1.82) is 5.26 Å². The van der Waals surface area contributed by atoms with Gasteiger partial charge in [-0.05, 0) is 31.1 Å². The SMILES string of the molecule is CN1C(=C=[N-])C(C#N)=NC1=NN=C1C=CC(N2CCCC2)=C/C1=N\S(=O)(=O)C(F)(F)F. The Kier molecular flexibility index (Phi) is 5.92. The molecule has 1 saturated heterocycles. The Morgan fingerprint density at radius 1 is 1.19 bits per heavy atom. The van der Waals surface area contributed by atoms with Crippen LogP contribution in [0.25, 0.3) is 5.41 Å². The number of nitriles is 1. The maximum Gasteiger partial charge on any atom is 0.518 e. The topological polar surface area (TPSA) is 136 Å². The maximum absolute atomic E-state index is 12.9. The molecule has 0 bridgehead atoms. The molecule has 0 amide bonds. The highest BCUT2D eigenvalue weighted by Crippen LogP contribution is 2.26. The predicted molar refractivity (Wildman–Crippen MR) is 108 cm³/mol. The van der Waals surface area contributed by atoms with Crippen LogP contribution in [0.5, 0.6) is 0 Å². The molecule has 0 unspecified atom stereocenters. The highest BCUT2D eigenvalue weighted by molar-refractivity contribution is 7.91. The van der Waals surface area contributed by atoms with Crippen molar-refractivity contribution in [3.8, 4) is 6.07 Å². The van der Waals surface area contributed by atoms with E-state index in [2.05, 4.69) is 19.6 Å². The first-order chi connectivity index (χ1) is 14.6. The molecule has 0 spiro atoms. The van der Waals surface area contributed by atoms with E-state index in [-0.39, 0.29) is 23.1 Å². The molecular weight excluding hydrogens is 437 g/mol. The van der Waals surface area contributed by atoms with Crippen molar-refractivity contribution in [3.05, 3.63) is 35.0 Å². The standard InChI is InChI=1S/C17H14F3N8O2S/c1-27-15(10-22)14(9-21)23-16(27)25-24-12-5-4-11(28-6-2-3-7-28)8-13(12)26-31(29,30)17(18,19)20/h4-5,8H,2-3,6-7H2,1H3/q-1/b24-12?,25-16?,26-13+. The van der Waals surface area contributed by atoms with Crippen LogP contribution in [0.15, 0.2) is 49.2 Å². The van der Waals surface area contributed by atoms with Crippen LogP contribution in [0.1, 0.15) is 12.8 Å². The van der Waals surface area contributed by atoms with Gasteiger partial charge in [0.05, 0.1) is 0 Å². The molecule has 3 rings (SSSR count). The quantitative estimate of drug-likeness (QED) is 0.364. The number of guanidine groups is 1. The molecule has 0 N–H and O–H groups in total. The van der Waals surface area contributed by atoms with E-state index in [1.807, 2.05) is 4.90 Å². The average molecular weight is 451 g/mol. The zero-order valence-electron chi connectivity index (χ0n) is 16.0. The number of nitrogens with zero attached hydrogens (tertiary/aromatic N) is 8.